The smallest absolute Gasteiger partial charge is 0.306 e. The molecular formula is C11H20O2. The molecule has 2 heteroatoms. The Hall–Kier alpha value is -0.790. The van der Waals surface area contributed by atoms with Crippen LogP contribution in [0.25, 0.3) is 0 Å². The summed E-state index contributed by atoms with van der Waals surface area (Å²) in [6.07, 6.45) is 5.40. The molecule has 0 aliphatic carbocycles. The first-order valence-corrected chi connectivity index (χ1v) is 4.98. The SMILES string of the molecule is CC=C(C)CCC(=O)OCCCC. The van der Waals surface area contributed by atoms with Gasteiger partial charge < -0.3 is 4.74 Å². The van der Waals surface area contributed by atoms with E-state index in [0.717, 1.165) is 19.3 Å². The van der Waals surface area contributed by atoms with Crippen LogP contribution in [0.3, 0.4) is 0 Å². The van der Waals surface area contributed by atoms with Crippen molar-refractivity contribution in [3.63, 3.8) is 0 Å². The Kier molecular flexibility index (Phi) is 7.36. The average molecular weight is 184 g/mol. The molecule has 2 nitrogen and oxygen atoms in total. The summed E-state index contributed by atoms with van der Waals surface area (Å²) in [5.41, 5.74) is 1.24. The summed E-state index contributed by atoms with van der Waals surface area (Å²) in [5.74, 6) is -0.0744. The summed E-state index contributed by atoms with van der Waals surface area (Å²) in [6.45, 7) is 6.67. The van der Waals surface area contributed by atoms with E-state index in [9.17, 15) is 4.79 Å². The van der Waals surface area contributed by atoms with E-state index >= 15 is 0 Å². The molecule has 0 bridgehead atoms. The number of hydrogen-bond donors (Lipinski definition) is 0. The van der Waals surface area contributed by atoms with E-state index in [1.165, 1.54) is 5.57 Å². The second kappa shape index (κ2) is 7.84. The van der Waals surface area contributed by atoms with Crippen LogP contribution in [0.4, 0.5) is 0 Å². The quantitative estimate of drug-likeness (QED) is 0.360. The molecule has 76 valence electrons. The van der Waals surface area contributed by atoms with Gasteiger partial charge in [-0.15, -0.1) is 0 Å². The van der Waals surface area contributed by atoms with Crippen molar-refractivity contribution in [3.8, 4) is 0 Å². The molecule has 0 fully saturated rings. The highest BCUT2D eigenvalue weighted by atomic mass is 16.5. The summed E-state index contributed by atoms with van der Waals surface area (Å²) >= 11 is 0. The molecule has 0 N–H and O–H groups in total. The third-order valence-electron chi connectivity index (χ3n) is 1.98. The van der Waals surface area contributed by atoms with Crippen molar-refractivity contribution in [2.24, 2.45) is 0 Å². The molecule has 0 amide bonds. The van der Waals surface area contributed by atoms with Crippen LogP contribution in [0.15, 0.2) is 11.6 Å². The second-order valence-electron chi connectivity index (χ2n) is 3.21. The van der Waals surface area contributed by atoms with Crippen molar-refractivity contribution in [1.29, 1.82) is 0 Å². The van der Waals surface area contributed by atoms with Gasteiger partial charge in [-0.3, -0.25) is 4.79 Å². The van der Waals surface area contributed by atoms with Gasteiger partial charge in [-0.2, -0.15) is 0 Å². The normalized spacial score (nSPS) is 11.5. The Morgan fingerprint density at radius 1 is 1.38 bits per heavy atom. The van der Waals surface area contributed by atoms with Gasteiger partial charge in [0.2, 0.25) is 0 Å². The maximum absolute atomic E-state index is 11.1. The number of carbonyl (C=O) groups is 1. The van der Waals surface area contributed by atoms with Crippen LogP contribution in [-0.4, -0.2) is 12.6 Å². The van der Waals surface area contributed by atoms with Crippen LogP contribution in [0, 0.1) is 0 Å². The van der Waals surface area contributed by atoms with E-state index in [1.54, 1.807) is 0 Å². The lowest BCUT2D eigenvalue weighted by Gasteiger charge is -2.03. The fourth-order valence-corrected chi connectivity index (χ4v) is 0.846. The summed E-state index contributed by atoms with van der Waals surface area (Å²) < 4.78 is 5.01. The Bertz CT molecular complexity index is 171. The van der Waals surface area contributed by atoms with E-state index in [4.69, 9.17) is 4.74 Å². The molecule has 0 rings (SSSR count). The molecule has 0 saturated heterocycles. The standard InChI is InChI=1S/C11H20O2/c1-4-6-9-13-11(12)8-7-10(3)5-2/h5H,4,6-9H2,1-3H3. The average Bonchev–Trinajstić information content (AvgIpc) is 2.14. The summed E-state index contributed by atoms with van der Waals surface area (Å²) in [7, 11) is 0. The summed E-state index contributed by atoms with van der Waals surface area (Å²) in [6, 6.07) is 0. The van der Waals surface area contributed by atoms with Crippen LogP contribution >= 0.6 is 0 Å². The predicted octanol–water partition coefficient (Wildman–Crippen LogP) is 3.08. The fourth-order valence-electron chi connectivity index (χ4n) is 0.846. The molecule has 0 spiro atoms. The van der Waals surface area contributed by atoms with Crippen LogP contribution in [-0.2, 0) is 9.53 Å². The third-order valence-corrected chi connectivity index (χ3v) is 1.98. The first-order valence-electron chi connectivity index (χ1n) is 4.98. The number of carbonyl (C=O) groups excluding carboxylic acids is 1. The van der Waals surface area contributed by atoms with E-state index < -0.39 is 0 Å². The van der Waals surface area contributed by atoms with Crippen LogP contribution in [0.1, 0.15) is 46.5 Å². The van der Waals surface area contributed by atoms with E-state index in [1.807, 2.05) is 19.9 Å². The topological polar surface area (TPSA) is 26.3 Å². The summed E-state index contributed by atoms with van der Waals surface area (Å²) in [5, 5.41) is 0. The van der Waals surface area contributed by atoms with Gasteiger partial charge in [-0.1, -0.05) is 25.0 Å². The highest BCUT2D eigenvalue weighted by Crippen LogP contribution is 2.04. The molecule has 0 unspecified atom stereocenters. The number of ether oxygens (including phenoxy) is 1. The number of hydrogen-bond acceptors (Lipinski definition) is 2. The number of allylic oxidation sites excluding steroid dienone is 2. The van der Waals surface area contributed by atoms with Gasteiger partial charge in [-0.25, -0.2) is 0 Å². The lowest BCUT2D eigenvalue weighted by atomic mass is 10.1. The number of unbranched alkanes of at least 4 members (excludes halogenated alkanes) is 1. The molecule has 0 aromatic heterocycles. The fraction of sp³-hybridized carbons (Fsp3) is 0.727. The van der Waals surface area contributed by atoms with Crippen molar-refractivity contribution >= 4 is 5.97 Å². The minimum absolute atomic E-state index is 0.0744. The maximum Gasteiger partial charge on any atom is 0.306 e. The zero-order valence-corrected chi connectivity index (χ0v) is 8.93. The molecular weight excluding hydrogens is 164 g/mol. The Morgan fingerprint density at radius 3 is 2.62 bits per heavy atom. The van der Waals surface area contributed by atoms with Crippen molar-refractivity contribution in [2.45, 2.75) is 46.5 Å². The lowest BCUT2D eigenvalue weighted by Crippen LogP contribution is -2.05. The zero-order chi connectivity index (χ0) is 10.1. The van der Waals surface area contributed by atoms with Gasteiger partial charge in [-0.05, 0) is 26.7 Å². The van der Waals surface area contributed by atoms with E-state index in [0.29, 0.717) is 13.0 Å². The van der Waals surface area contributed by atoms with E-state index in [-0.39, 0.29) is 5.97 Å². The van der Waals surface area contributed by atoms with Gasteiger partial charge in [0.1, 0.15) is 0 Å². The molecule has 0 aliphatic heterocycles. The third kappa shape index (κ3) is 7.57. The largest absolute Gasteiger partial charge is 0.466 e. The molecule has 0 heterocycles. The zero-order valence-electron chi connectivity index (χ0n) is 8.93. The van der Waals surface area contributed by atoms with Gasteiger partial charge in [0.05, 0.1) is 6.61 Å². The molecule has 0 saturated carbocycles. The summed E-state index contributed by atoms with van der Waals surface area (Å²) in [4.78, 5) is 11.1. The van der Waals surface area contributed by atoms with Gasteiger partial charge >= 0.3 is 5.97 Å². The van der Waals surface area contributed by atoms with Crippen LogP contribution < -0.4 is 0 Å². The van der Waals surface area contributed by atoms with E-state index in [2.05, 4.69) is 6.92 Å². The highest BCUT2D eigenvalue weighted by Gasteiger charge is 2.01. The van der Waals surface area contributed by atoms with Gasteiger partial charge in [0, 0.05) is 6.42 Å². The second-order valence-corrected chi connectivity index (χ2v) is 3.21. The van der Waals surface area contributed by atoms with Gasteiger partial charge in [0.25, 0.3) is 0 Å². The maximum atomic E-state index is 11.1. The number of rotatable bonds is 6. The highest BCUT2D eigenvalue weighted by molar-refractivity contribution is 5.69. The Balaban J connectivity index is 3.41. The first-order chi connectivity index (χ1) is 6.20. The molecule has 13 heavy (non-hydrogen) atoms. The predicted molar refractivity (Wildman–Crippen MR) is 54.5 cm³/mol. The molecule has 0 radical (unpaired) electrons. The Labute approximate surface area is 81.0 Å². The minimum Gasteiger partial charge on any atom is -0.466 e. The van der Waals surface area contributed by atoms with Crippen molar-refractivity contribution in [3.05, 3.63) is 11.6 Å². The molecule has 0 aromatic rings. The van der Waals surface area contributed by atoms with Crippen molar-refractivity contribution < 1.29 is 9.53 Å². The molecule has 0 aliphatic rings. The lowest BCUT2D eigenvalue weighted by molar-refractivity contribution is -0.143. The molecule has 0 aromatic carbocycles. The molecule has 0 atom stereocenters. The monoisotopic (exact) mass is 184 g/mol. The first kappa shape index (κ1) is 12.2. The van der Waals surface area contributed by atoms with Crippen LogP contribution in [0.2, 0.25) is 0 Å². The van der Waals surface area contributed by atoms with Gasteiger partial charge in [0.15, 0.2) is 0 Å². The Morgan fingerprint density at radius 2 is 2.08 bits per heavy atom. The minimum atomic E-state index is -0.0744. The van der Waals surface area contributed by atoms with Crippen molar-refractivity contribution in [1.82, 2.24) is 0 Å². The number of esters is 1. The van der Waals surface area contributed by atoms with Crippen molar-refractivity contribution in [2.75, 3.05) is 6.61 Å². The van der Waals surface area contributed by atoms with Crippen LogP contribution in [0.5, 0.6) is 0 Å².